The van der Waals surface area contributed by atoms with Gasteiger partial charge in [0.1, 0.15) is 24.2 Å². The maximum atomic E-state index is 13.4. The Labute approximate surface area is 194 Å². The first-order valence-corrected chi connectivity index (χ1v) is 12.4. The molecule has 1 N–H and O–H groups in total. The lowest BCUT2D eigenvalue weighted by Crippen LogP contribution is -2.52. The molecule has 0 fully saturated rings. The lowest BCUT2D eigenvalue weighted by Gasteiger charge is -2.32. The number of nitrogens with zero attached hydrogens (tertiary/aromatic N) is 2. The van der Waals surface area contributed by atoms with Crippen LogP contribution >= 0.6 is 0 Å². The van der Waals surface area contributed by atoms with Crippen LogP contribution in [-0.4, -0.2) is 57.6 Å². The molecule has 0 aromatic heterocycles. The number of carbonyl (C=O) groups excluding carboxylic acids is 2. The molecule has 10 heteroatoms. The minimum absolute atomic E-state index is 0.0967. The highest BCUT2D eigenvalue weighted by Gasteiger charge is 2.31. The molecule has 0 aliphatic rings. The SMILES string of the molecule is CCNC(=O)C(CC)N(Cc1ccc(OC)cc1)C(=O)CN(c1ccc(F)cc1)S(C)(=O)=O. The van der Waals surface area contributed by atoms with E-state index in [0.29, 0.717) is 18.7 Å². The van der Waals surface area contributed by atoms with E-state index in [-0.39, 0.29) is 18.1 Å². The van der Waals surface area contributed by atoms with E-state index in [1.807, 2.05) is 0 Å². The first-order valence-electron chi connectivity index (χ1n) is 10.5. The summed E-state index contributed by atoms with van der Waals surface area (Å²) in [5, 5.41) is 2.73. The molecule has 0 radical (unpaired) electrons. The molecule has 0 aliphatic carbocycles. The smallest absolute Gasteiger partial charge is 0.244 e. The minimum atomic E-state index is -3.86. The van der Waals surface area contributed by atoms with E-state index in [4.69, 9.17) is 4.74 Å². The van der Waals surface area contributed by atoms with Gasteiger partial charge in [0.2, 0.25) is 21.8 Å². The molecule has 2 aromatic rings. The van der Waals surface area contributed by atoms with Crippen molar-refractivity contribution in [2.24, 2.45) is 0 Å². The quantitative estimate of drug-likeness (QED) is 0.534. The number of amides is 2. The van der Waals surface area contributed by atoms with E-state index in [2.05, 4.69) is 5.32 Å². The Hall–Kier alpha value is -3.14. The van der Waals surface area contributed by atoms with Gasteiger partial charge in [-0.1, -0.05) is 19.1 Å². The van der Waals surface area contributed by atoms with E-state index < -0.39 is 34.3 Å². The van der Waals surface area contributed by atoms with Gasteiger partial charge in [-0.2, -0.15) is 0 Å². The Bertz CT molecular complexity index is 1040. The van der Waals surface area contributed by atoms with Crippen molar-refractivity contribution < 1.29 is 27.1 Å². The summed E-state index contributed by atoms with van der Waals surface area (Å²) in [6.07, 6.45) is 1.31. The van der Waals surface area contributed by atoms with Gasteiger partial charge in [0.25, 0.3) is 0 Å². The predicted molar refractivity (Wildman–Crippen MR) is 125 cm³/mol. The molecule has 0 saturated carbocycles. The molecule has 1 unspecified atom stereocenters. The second-order valence-electron chi connectivity index (χ2n) is 7.43. The van der Waals surface area contributed by atoms with Crippen LogP contribution < -0.4 is 14.4 Å². The fourth-order valence-corrected chi connectivity index (χ4v) is 4.21. The van der Waals surface area contributed by atoms with Crippen molar-refractivity contribution in [1.29, 1.82) is 0 Å². The van der Waals surface area contributed by atoms with Gasteiger partial charge in [-0.05, 0) is 55.3 Å². The van der Waals surface area contributed by atoms with Gasteiger partial charge in [0, 0.05) is 13.1 Å². The third-order valence-electron chi connectivity index (χ3n) is 5.04. The summed E-state index contributed by atoms with van der Waals surface area (Å²) in [4.78, 5) is 27.5. The number of methoxy groups -OCH3 is 1. The summed E-state index contributed by atoms with van der Waals surface area (Å²) >= 11 is 0. The zero-order valence-corrected chi connectivity index (χ0v) is 20.1. The summed E-state index contributed by atoms with van der Waals surface area (Å²) in [5.41, 5.74) is 0.905. The normalized spacial score (nSPS) is 12.0. The van der Waals surface area contributed by atoms with Crippen molar-refractivity contribution in [3.8, 4) is 5.75 Å². The lowest BCUT2D eigenvalue weighted by atomic mass is 10.1. The molecule has 0 saturated heterocycles. The van der Waals surface area contributed by atoms with Gasteiger partial charge in [-0.3, -0.25) is 13.9 Å². The summed E-state index contributed by atoms with van der Waals surface area (Å²) in [6, 6.07) is 11.1. The van der Waals surface area contributed by atoms with Gasteiger partial charge in [-0.15, -0.1) is 0 Å². The van der Waals surface area contributed by atoms with Gasteiger partial charge in [-0.25, -0.2) is 12.8 Å². The van der Waals surface area contributed by atoms with Crippen molar-refractivity contribution in [2.45, 2.75) is 32.9 Å². The Kier molecular flexibility index (Phi) is 9.22. The maximum Gasteiger partial charge on any atom is 0.244 e. The number of nitrogens with one attached hydrogen (secondary N) is 1. The van der Waals surface area contributed by atoms with E-state index in [1.165, 1.54) is 17.0 Å². The van der Waals surface area contributed by atoms with Crippen LogP contribution in [0.25, 0.3) is 0 Å². The van der Waals surface area contributed by atoms with Crippen LogP contribution in [0.15, 0.2) is 48.5 Å². The number of benzene rings is 2. The van der Waals surface area contributed by atoms with Crippen LogP contribution in [0.4, 0.5) is 10.1 Å². The standard InChI is InChI=1S/C23H30FN3O5S/c1-5-21(23(29)25-6-2)26(15-17-7-13-20(32-3)14-8-17)22(28)16-27(33(4,30)31)19-11-9-18(24)10-12-19/h7-14,21H,5-6,15-16H2,1-4H3,(H,25,29). The Morgan fingerprint density at radius 2 is 1.67 bits per heavy atom. The Morgan fingerprint density at radius 1 is 1.06 bits per heavy atom. The van der Waals surface area contributed by atoms with E-state index in [0.717, 1.165) is 28.3 Å². The average molecular weight is 480 g/mol. The minimum Gasteiger partial charge on any atom is -0.497 e. The zero-order chi connectivity index (χ0) is 24.6. The molecule has 0 heterocycles. The third-order valence-corrected chi connectivity index (χ3v) is 6.18. The molecule has 0 spiro atoms. The molecule has 1 atom stereocenters. The van der Waals surface area contributed by atoms with Crippen LogP contribution in [-0.2, 0) is 26.2 Å². The van der Waals surface area contributed by atoms with Crippen LogP contribution in [0.1, 0.15) is 25.8 Å². The van der Waals surface area contributed by atoms with Gasteiger partial charge >= 0.3 is 0 Å². The van der Waals surface area contributed by atoms with Gasteiger partial charge in [0.05, 0.1) is 19.1 Å². The van der Waals surface area contributed by atoms with E-state index in [1.54, 1.807) is 45.2 Å². The largest absolute Gasteiger partial charge is 0.497 e. The van der Waals surface area contributed by atoms with Crippen molar-refractivity contribution in [2.75, 3.05) is 30.8 Å². The van der Waals surface area contributed by atoms with Crippen LogP contribution in [0.2, 0.25) is 0 Å². The van der Waals surface area contributed by atoms with Crippen molar-refractivity contribution in [3.63, 3.8) is 0 Å². The van der Waals surface area contributed by atoms with Crippen LogP contribution in [0.5, 0.6) is 5.75 Å². The number of anilines is 1. The second kappa shape index (κ2) is 11.6. The first-order chi connectivity index (χ1) is 15.6. The lowest BCUT2D eigenvalue weighted by molar-refractivity contribution is -0.140. The maximum absolute atomic E-state index is 13.4. The van der Waals surface area contributed by atoms with Crippen molar-refractivity contribution >= 4 is 27.5 Å². The number of ether oxygens (including phenoxy) is 1. The number of rotatable bonds is 11. The summed E-state index contributed by atoms with van der Waals surface area (Å²) in [6.45, 7) is 3.52. The van der Waals surface area contributed by atoms with Gasteiger partial charge in [0.15, 0.2) is 0 Å². The van der Waals surface area contributed by atoms with E-state index >= 15 is 0 Å². The highest BCUT2D eigenvalue weighted by molar-refractivity contribution is 7.92. The van der Waals surface area contributed by atoms with Crippen molar-refractivity contribution in [3.05, 3.63) is 59.9 Å². The molecule has 8 nitrogen and oxygen atoms in total. The highest BCUT2D eigenvalue weighted by atomic mass is 32.2. The Balaban J connectivity index is 2.40. The fourth-order valence-electron chi connectivity index (χ4n) is 3.36. The molecule has 2 aromatic carbocycles. The highest BCUT2D eigenvalue weighted by Crippen LogP contribution is 2.21. The number of hydrogen-bond acceptors (Lipinski definition) is 5. The fraction of sp³-hybridized carbons (Fsp3) is 0.391. The third kappa shape index (κ3) is 7.18. The average Bonchev–Trinajstić information content (AvgIpc) is 2.77. The molecular weight excluding hydrogens is 449 g/mol. The number of sulfonamides is 1. The molecular formula is C23H30FN3O5S. The molecule has 2 amide bonds. The Morgan fingerprint density at radius 3 is 2.15 bits per heavy atom. The second-order valence-corrected chi connectivity index (χ2v) is 9.34. The number of hydrogen-bond donors (Lipinski definition) is 1. The molecule has 0 bridgehead atoms. The number of halogens is 1. The first kappa shape index (κ1) is 26.1. The molecule has 33 heavy (non-hydrogen) atoms. The number of carbonyl (C=O) groups is 2. The summed E-state index contributed by atoms with van der Waals surface area (Å²) < 4.78 is 44.3. The van der Waals surface area contributed by atoms with Crippen LogP contribution in [0, 0.1) is 5.82 Å². The molecule has 180 valence electrons. The summed E-state index contributed by atoms with van der Waals surface area (Å²) in [7, 11) is -2.31. The monoisotopic (exact) mass is 479 g/mol. The predicted octanol–water partition coefficient (Wildman–Crippen LogP) is 2.54. The van der Waals surface area contributed by atoms with Crippen LogP contribution in [0.3, 0.4) is 0 Å². The topological polar surface area (TPSA) is 96.0 Å². The van der Waals surface area contributed by atoms with Gasteiger partial charge < -0.3 is 15.0 Å². The van der Waals surface area contributed by atoms with E-state index in [9.17, 15) is 22.4 Å². The molecule has 2 rings (SSSR count). The van der Waals surface area contributed by atoms with Crippen molar-refractivity contribution in [1.82, 2.24) is 10.2 Å². The number of likely N-dealkylation sites (N-methyl/N-ethyl adjacent to an activating group) is 1. The summed E-state index contributed by atoms with van der Waals surface area (Å²) in [5.74, 6) is -0.762. The zero-order valence-electron chi connectivity index (χ0n) is 19.2. The molecule has 0 aliphatic heterocycles.